The van der Waals surface area contributed by atoms with Gasteiger partial charge in [-0.1, -0.05) is 146 Å². The Kier molecular flexibility index (Phi) is 7.54. The van der Waals surface area contributed by atoms with Gasteiger partial charge in [-0.15, -0.1) is 0 Å². The zero-order chi connectivity index (χ0) is 38.9. The van der Waals surface area contributed by atoms with Crippen LogP contribution in [0.3, 0.4) is 0 Å². The van der Waals surface area contributed by atoms with Crippen molar-refractivity contribution in [2.45, 2.75) is 0 Å². The Morgan fingerprint density at radius 2 is 0.932 bits per heavy atom. The molecule has 12 rings (SSSR count). The molecule has 3 nitrogen and oxygen atoms in total. The van der Waals surface area contributed by atoms with E-state index >= 15 is 0 Å². The monoisotopic (exact) mass is 752 g/mol. The van der Waals surface area contributed by atoms with Gasteiger partial charge in [-0.2, -0.15) is 0 Å². The van der Waals surface area contributed by atoms with Crippen LogP contribution in [0.1, 0.15) is 0 Å². The standard InChI is InChI=1S/C56H36N2O/c1-3-13-37(14-4-1)39-25-29-43(30-26-39)57(44-31-27-38-15-7-8-16-41(38)35-44)45-32-34-52-49(36-45)56-53(59-52)33-28-40-17-11-21-46(54(40)56)47-22-12-24-51-55(47)48-20-9-10-23-50(48)58(51)42-18-5-2-6-19-42/h1-36H. The Morgan fingerprint density at radius 1 is 0.339 bits per heavy atom. The van der Waals surface area contributed by atoms with E-state index in [1.54, 1.807) is 0 Å². The van der Waals surface area contributed by atoms with Crippen molar-refractivity contribution in [2.75, 3.05) is 4.90 Å². The molecule has 10 aromatic carbocycles. The molecule has 59 heavy (non-hydrogen) atoms. The lowest BCUT2D eigenvalue weighted by Gasteiger charge is -2.26. The molecule has 0 saturated heterocycles. The fraction of sp³-hybridized carbons (Fsp3) is 0. The minimum absolute atomic E-state index is 0.864. The summed E-state index contributed by atoms with van der Waals surface area (Å²) >= 11 is 0. The quantitative estimate of drug-likeness (QED) is 0.169. The number of anilines is 3. The highest BCUT2D eigenvalue weighted by atomic mass is 16.3. The Morgan fingerprint density at radius 3 is 1.78 bits per heavy atom. The maximum atomic E-state index is 6.72. The van der Waals surface area contributed by atoms with Crippen LogP contribution in [0.4, 0.5) is 17.1 Å². The maximum absolute atomic E-state index is 6.72. The summed E-state index contributed by atoms with van der Waals surface area (Å²) in [6.07, 6.45) is 0. The summed E-state index contributed by atoms with van der Waals surface area (Å²) in [6, 6.07) is 78.6. The van der Waals surface area contributed by atoms with E-state index in [2.05, 4.69) is 228 Å². The second-order valence-electron chi connectivity index (χ2n) is 15.3. The van der Waals surface area contributed by atoms with Gasteiger partial charge in [0.1, 0.15) is 11.2 Å². The lowest BCUT2D eigenvalue weighted by atomic mass is 9.92. The van der Waals surface area contributed by atoms with Crippen LogP contribution in [-0.2, 0) is 0 Å². The first-order valence-corrected chi connectivity index (χ1v) is 20.2. The molecular formula is C56H36N2O. The minimum Gasteiger partial charge on any atom is -0.456 e. The zero-order valence-electron chi connectivity index (χ0n) is 32.1. The first kappa shape index (κ1) is 33.3. The molecule has 0 fully saturated rings. The predicted octanol–water partition coefficient (Wildman–Crippen LogP) is 15.8. The molecule has 276 valence electrons. The highest BCUT2D eigenvalue weighted by Gasteiger charge is 2.21. The molecule has 0 amide bonds. The third-order valence-electron chi connectivity index (χ3n) is 11.9. The molecule has 12 aromatic rings. The van der Waals surface area contributed by atoms with Crippen molar-refractivity contribution in [1.82, 2.24) is 4.57 Å². The Labute approximate surface area is 341 Å². The van der Waals surface area contributed by atoms with E-state index in [1.165, 1.54) is 65.6 Å². The maximum Gasteiger partial charge on any atom is 0.136 e. The van der Waals surface area contributed by atoms with Gasteiger partial charge in [-0.25, -0.2) is 0 Å². The van der Waals surface area contributed by atoms with Gasteiger partial charge in [0.2, 0.25) is 0 Å². The summed E-state index contributed by atoms with van der Waals surface area (Å²) < 4.78 is 9.11. The summed E-state index contributed by atoms with van der Waals surface area (Å²) in [5.41, 5.74) is 13.3. The molecule has 0 spiro atoms. The third-order valence-corrected chi connectivity index (χ3v) is 11.9. The fourth-order valence-electron chi connectivity index (χ4n) is 9.29. The van der Waals surface area contributed by atoms with Crippen LogP contribution in [0.25, 0.3) is 93.2 Å². The SMILES string of the molecule is c1ccc(-c2ccc(N(c3ccc4ccccc4c3)c3ccc4oc5ccc6cccc(-c7cccc8c7c7ccccc7n8-c7ccccc7)c6c5c4c3)cc2)cc1. The molecule has 0 bridgehead atoms. The molecule has 0 unspecified atom stereocenters. The fourth-order valence-corrected chi connectivity index (χ4v) is 9.29. The van der Waals surface area contributed by atoms with Crippen molar-refractivity contribution < 1.29 is 4.42 Å². The normalized spacial score (nSPS) is 11.7. The van der Waals surface area contributed by atoms with Gasteiger partial charge < -0.3 is 13.9 Å². The second kappa shape index (κ2) is 13.4. The summed E-state index contributed by atoms with van der Waals surface area (Å²) in [5.74, 6) is 0. The number of furan rings is 1. The summed E-state index contributed by atoms with van der Waals surface area (Å²) in [4.78, 5) is 2.37. The number of hydrogen-bond donors (Lipinski definition) is 0. The molecule has 2 aromatic heterocycles. The van der Waals surface area contributed by atoms with Crippen molar-refractivity contribution >= 4 is 82.4 Å². The van der Waals surface area contributed by atoms with Crippen molar-refractivity contribution in [1.29, 1.82) is 0 Å². The summed E-state index contributed by atoms with van der Waals surface area (Å²) in [5, 5.41) is 9.46. The molecule has 0 aliphatic carbocycles. The number of rotatable bonds is 6. The summed E-state index contributed by atoms with van der Waals surface area (Å²) in [7, 11) is 0. The Hall–Kier alpha value is -7.88. The predicted molar refractivity (Wildman–Crippen MR) is 249 cm³/mol. The van der Waals surface area contributed by atoms with E-state index in [4.69, 9.17) is 4.42 Å². The number of para-hydroxylation sites is 2. The van der Waals surface area contributed by atoms with Crippen LogP contribution in [-0.4, -0.2) is 4.57 Å². The van der Waals surface area contributed by atoms with Gasteiger partial charge in [0.05, 0.1) is 11.0 Å². The molecule has 2 heterocycles. The number of aromatic nitrogens is 1. The molecule has 0 radical (unpaired) electrons. The van der Waals surface area contributed by atoms with Gasteiger partial charge in [0.25, 0.3) is 0 Å². The number of fused-ring (bicyclic) bond motifs is 9. The van der Waals surface area contributed by atoms with Crippen molar-refractivity contribution in [3.63, 3.8) is 0 Å². The minimum atomic E-state index is 0.864. The molecule has 0 aliphatic rings. The number of benzene rings is 10. The van der Waals surface area contributed by atoms with Crippen molar-refractivity contribution in [3.8, 4) is 27.9 Å². The second-order valence-corrected chi connectivity index (χ2v) is 15.3. The van der Waals surface area contributed by atoms with Gasteiger partial charge in [-0.05, 0) is 111 Å². The van der Waals surface area contributed by atoms with Crippen molar-refractivity contribution in [3.05, 3.63) is 218 Å². The lowest BCUT2D eigenvalue weighted by Crippen LogP contribution is -2.09. The van der Waals surface area contributed by atoms with Crippen LogP contribution in [0.5, 0.6) is 0 Å². The smallest absolute Gasteiger partial charge is 0.136 e. The first-order valence-electron chi connectivity index (χ1n) is 20.2. The van der Waals surface area contributed by atoms with Crippen LogP contribution >= 0.6 is 0 Å². The van der Waals surface area contributed by atoms with Gasteiger partial charge in [0, 0.05) is 49.7 Å². The van der Waals surface area contributed by atoms with Crippen LogP contribution in [0.15, 0.2) is 223 Å². The van der Waals surface area contributed by atoms with Crippen LogP contribution in [0, 0.1) is 0 Å². The highest BCUT2D eigenvalue weighted by Crippen LogP contribution is 2.46. The zero-order valence-corrected chi connectivity index (χ0v) is 32.1. The Balaban J connectivity index is 1.10. The van der Waals surface area contributed by atoms with E-state index < -0.39 is 0 Å². The molecule has 0 atom stereocenters. The average Bonchev–Trinajstić information content (AvgIpc) is 3.85. The van der Waals surface area contributed by atoms with E-state index in [0.717, 1.165) is 44.7 Å². The van der Waals surface area contributed by atoms with E-state index in [-0.39, 0.29) is 0 Å². The molecule has 3 heteroatoms. The van der Waals surface area contributed by atoms with Crippen LogP contribution in [0.2, 0.25) is 0 Å². The summed E-state index contributed by atoms with van der Waals surface area (Å²) in [6.45, 7) is 0. The van der Waals surface area contributed by atoms with Gasteiger partial charge >= 0.3 is 0 Å². The largest absolute Gasteiger partial charge is 0.456 e. The molecule has 0 N–H and O–H groups in total. The third kappa shape index (κ3) is 5.36. The first-order chi connectivity index (χ1) is 29.3. The van der Waals surface area contributed by atoms with Crippen molar-refractivity contribution in [2.24, 2.45) is 0 Å². The van der Waals surface area contributed by atoms with E-state index in [1.807, 2.05) is 0 Å². The molecule has 0 saturated carbocycles. The average molecular weight is 753 g/mol. The Bertz CT molecular complexity index is 3540. The topological polar surface area (TPSA) is 21.3 Å². The van der Waals surface area contributed by atoms with Gasteiger partial charge in [0.15, 0.2) is 0 Å². The molecular weight excluding hydrogens is 717 g/mol. The van der Waals surface area contributed by atoms with Crippen LogP contribution < -0.4 is 4.90 Å². The number of hydrogen-bond acceptors (Lipinski definition) is 2. The van der Waals surface area contributed by atoms with E-state index in [0.29, 0.717) is 0 Å². The van der Waals surface area contributed by atoms with Gasteiger partial charge in [-0.3, -0.25) is 0 Å². The number of nitrogens with zero attached hydrogens (tertiary/aromatic N) is 2. The molecule has 0 aliphatic heterocycles. The highest BCUT2D eigenvalue weighted by molar-refractivity contribution is 6.26. The lowest BCUT2D eigenvalue weighted by molar-refractivity contribution is 0.669. The van der Waals surface area contributed by atoms with E-state index in [9.17, 15) is 0 Å².